The highest BCUT2D eigenvalue weighted by molar-refractivity contribution is 7.10. The Morgan fingerprint density at radius 2 is 2.25 bits per heavy atom. The third kappa shape index (κ3) is 2.31. The van der Waals surface area contributed by atoms with Gasteiger partial charge >= 0.3 is 0 Å². The minimum atomic E-state index is 0.176. The largest absolute Gasteiger partial charge is 0.497 e. The zero-order chi connectivity index (χ0) is 14.1. The SMILES string of the molecule is COc1ccc2c(c1)CCN2C(=O)Cc1ccsc1C. The van der Waals surface area contributed by atoms with E-state index in [0.717, 1.165) is 30.0 Å². The smallest absolute Gasteiger partial charge is 0.231 e. The quantitative estimate of drug-likeness (QED) is 0.867. The van der Waals surface area contributed by atoms with Crippen molar-refractivity contribution in [2.45, 2.75) is 19.8 Å². The lowest BCUT2D eigenvalue weighted by Gasteiger charge is -2.17. The number of hydrogen-bond acceptors (Lipinski definition) is 3. The molecule has 0 aliphatic carbocycles. The second-order valence-corrected chi connectivity index (χ2v) is 6.09. The van der Waals surface area contributed by atoms with Crippen molar-refractivity contribution in [2.24, 2.45) is 0 Å². The molecule has 1 aromatic carbocycles. The molecular weight excluding hydrogens is 270 g/mol. The maximum Gasteiger partial charge on any atom is 0.231 e. The monoisotopic (exact) mass is 287 g/mol. The fourth-order valence-electron chi connectivity index (χ4n) is 2.62. The Hall–Kier alpha value is -1.81. The molecule has 0 atom stereocenters. The van der Waals surface area contributed by atoms with Crippen LogP contribution in [0.15, 0.2) is 29.6 Å². The summed E-state index contributed by atoms with van der Waals surface area (Å²) in [6, 6.07) is 7.97. The molecule has 0 unspecified atom stereocenters. The van der Waals surface area contributed by atoms with Crippen LogP contribution in [-0.4, -0.2) is 19.6 Å². The molecule has 0 spiro atoms. The minimum absolute atomic E-state index is 0.176. The number of benzene rings is 1. The molecule has 0 bridgehead atoms. The Morgan fingerprint density at radius 3 is 2.95 bits per heavy atom. The maximum absolute atomic E-state index is 12.5. The number of nitrogens with zero attached hydrogens (tertiary/aromatic N) is 1. The highest BCUT2D eigenvalue weighted by atomic mass is 32.1. The molecule has 0 saturated heterocycles. The number of aryl methyl sites for hydroxylation is 1. The lowest BCUT2D eigenvalue weighted by atomic mass is 10.1. The van der Waals surface area contributed by atoms with Crippen molar-refractivity contribution >= 4 is 22.9 Å². The Bertz CT molecular complexity index is 648. The molecule has 0 N–H and O–H groups in total. The van der Waals surface area contributed by atoms with Crippen molar-refractivity contribution in [3.8, 4) is 5.75 Å². The van der Waals surface area contributed by atoms with E-state index in [1.54, 1.807) is 18.4 Å². The van der Waals surface area contributed by atoms with E-state index in [9.17, 15) is 4.79 Å². The molecule has 2 heterocycles. The summed E-state index contributed by atoms with van der Waals surface area (Å²) >= 11 is 1.69. The zero-order valence-corrected chi connectivity index (χ0v) is 12.5. The van der Waals surface area contributed by atoms with E-state index >= 15 is 0 Å². The third-order valence-electron chi connectivity index (χ3n) is 3.79. The molecule has 4 heteroatoms. The van der Waals surface area contributed by atoms with Crippen LogP contribution in [0.4, 0.5) is 5.69 Å². The summed E-state index contributed by atoms with van der Waals surface area (Å²) < 4.78 is 5.23. The van der Waals surface area contributed by atoms with E-state index in [-0.39, 0.29) is 5.91 Å². The van der Waals surface area contributed by atoms with Gasteiger partial charge in [-0.25, -0.2) is 0 Å². The first kappa shape index (κ1) is 13.2. The van der Waals surface area contributed by atoms with Gasteiger partial charge in [0.25, 0.3) is 0 Å². The molecule has 104 valence electrons. The summed E-state index contributed by atoms with van der Waals surface area (Å²) in [5, 5.41) is 2.04. The molecular formula is C16H17NO2S. The van der Waals surface area contributed by atoms with Gasteiger partial charge < -0.3 is 9.64 Å². The molecule has 0 radical (unpaired) electrons. The van der Waals surface area contributed by atoms with Gasteiger partial charge in [0, 0.05) is 17.1 Å². The average Bonchev–Trinajstić information content (AvgIpc) is 3.04. The second kappa shape index (κ2) is 5.29. The number of ether oxygens (including phenoxy) is 1. The van der Waals surface area contributed by atoms with Gasteiger partial charge in [0.1, 0.15) is 5.75 Å². The zero-order valence-electron chi connectivity index (χ0n) is 11.7. The van der Waals surface area contributed by atoms with Crippen LogP contribution in [-0.2, 0) is 17.6 Å². The highest BCUT2D eigenvalue weighted by Crippen LogP contribution is 2.32. The van der Waals surface area contributed by atoms with Crippen LogP contribution in [0.25, 0.3) is 0 Å². The Morgan fingerprint density at radius 1 is 1.40 bits per heavy atom. The first-order valence-corrected chi connectivity index (χ1v) is 7.57. The van der Waals surface area contributed by atoms with Crippen molar-refractivity contribution in [3.63, 3.8) is 0 Å². The van der Waals surface area contributed by atoms with Crippen molar-refractivity contribution < 1.29 is 9.53 Å². The van der Waals surface area contributed by atoms with E-state index in [4.69, 9.17) is 4.74 Å². The molecule has 1 amide bonds. The topological polar surface area (TPSA) is 29.5 Å². The van der Waals surface area contributed by atoms with Gasteiger partial charge in [0.15, 0.2) is 0 Å². The lowest BCUT2D eigenvalue weighted by molar-refractivity contribution is -0.117. The number of carbonyl (C=O) groups is 1. The van der Waals surface area contributed by atoms with Gasteiger partial charge in [0.2, 0.25) is 5.91 Å². The fraction of sp³-hybridized carbons (Fsp3) is 0.312. The summed E-state index contributed by atoms with van der Waals surface area (Å²) in [5.74, 6) is 1.03. The van der Waals surface area contributed by atoms with Crippen LogP contribution in [0.1, 0.15) is 16.0 Å². The highest BCUT2D eigenvalue weighted by Gasteiger charge is 2.25. The normalized spacial score (nSPS) is 13.4. The standard InChI is InChI=1S/C16H17NO2S/c1-11-12(6-8-20-11)10-16(18)17-7-5-13-9-14(19-2)3-4-15(13)17/h3-4,6,8-9H,5,7,10H2,1-2H3. The van der Waals surface area contributed by atoms with Gasteiger partial charge in [-0.2, -0.15) is 0 Å². The summed E-state index contributed by atoms with van der Waals surface area (Å²) in [6.07, 6.45) is 1.39. The number of rotatable bonds is 3. The van der Waals surface area contributed by atoms with Crippen LogP contribution in [0, 0.1) is 6.92 Å². The fourth-order valence-corrected chi connectivity index (χ4v) is 3.35. The maximum atomic E-state index is 12.5. The van der Waals surface area contributed by atoms with Crippen LogP contribution < -0.4 is 9.64 Å². The molecule has 3 rings (SSSR count). The predicted molar refractivity (Wildman–Crippen MR) is 81.8 cm³/mol. The van der Waals surface area contributed by atoms with Crippen LogP contribution in [0.3, 0.4) is 0 Å². The van der Waals surface area contributed by atoms with Gasteiger partial charge in [-0.1, -0.05) is 0 Å². The summed E-state index contributed by atoms with van der Waals surface area (Å²) in [6.45, 7) is 2.83. The third-order valence-corrected chi connectivity index (χ3v) is 4.68. The molecule has 1 aromatic heterocycles. The summed E-state index contributed by atoms with van der Waals surface area (Å²) in [5.41, 5.74) is 3.37. The minimum Gasteiger partial charge on any atom is -0.497 e. The Kier molecular flexibility index (Phi) is 3.49. The summed E-state index contributed by atoms with van der Waals surface area (Å²) in [4.78, 5) is 15.6. The van der Waals surface area contributed by atoms with E-state index < -0.39 is 0 Å². The Balaban J connectivity index is 1.80. The average molecular weight is 287 g/mol. The molecule has 1 aliphatic heterocycles. The van der Waals surface area contributed by atoms with E-state index in [1.165, 1.54) is 10.4 Å². The van der Waals surface area contributed by atoms with E-state index in [0.29, 0.717) is 6.42 Å². The van der Waals surface area contributed by atoms with Crippen molar-refractivity contribution in [1.29, 1.82) is 0 Å². The lowest BCUT2D eigenvalue weighted by Crippen LogP contribution is -2.30. The van der Waals surface area contributed by atoms with Crippen molar-refractivity contribution in [1.82, 2.24) is 0 Å². The number of hydrogen-bond donors (Lipinski definition) is 0. The van der Waals surface area contributed by atoms with E-state index in [2.05, 4.69) is 6.92 Å². The first-order valence-electron chi connectivity index (χ1n) is 6.69. The second-order valence-electron chi connectivity index (χ2n) is 4.97. The number of fused-ring (bicyclic) bond motifs is 1. The van der Waals surface area contributed by atoms with Gasteiger partial charge in [-0.05, 0) is 54.1 Å². The number of thiophene rings is 1. The number of methoxy groups -OCH3 is 1. The van der Waals surface area contributed by atoms with Gasteiger partial charge in [-0.3, -0.25) is 4.79 Å². The van der Waals surface area contributed by atoms with Crippen LogP contribution in [0.2, 0.25) is 0 Å². The van der Waals surface area contributed by atoms with Gasteiger partial charge in [0.05, 0.1) is 13.5 Å². The molecule has 0 saturated carbocycles. The number of carbonyl (C=O) groups excluding carboxylic acids is 1. The Labute approximate surface area is 122 Å². The molecule has 2 aromatic rings. The van der Waals surface area contributed by atoms with Crippen LogP contribution >= 0.6 is 11.3 Å². The molecule has 3 nitrogen and oxygen atoms in total. The molecule has 20 heavy (non-hydrogen) atoms. The summed E-state index contributed by atoms with van der Waals surface area (Å²) in [7, 11) is 1.67. The predicted octanol–water partition coefficient (Wildman–Crippen LogP) is 3.20. The van der Waals surface area contributed by atoms with E-state index in [1.807, 2.05) is 34.5 Å². The number of amides is 1. The van der Waals surface area contributed by atoms with Gasteiger partial charge in [-0.15, -0.1) is 11.3 Å². The molecule has 0 fully saturated rings. The van der Waals surface area contributed by atoms with Crippen LogP contribution in [0.5, 0.6) is 5.75 Å². The van der Waals surface area contributed by atoms with Crippen molar-refractivity contribution in [2.75, 3.05) is 18.6 Å². The number of anilines is 1. The van der Waals surface area contributed by atoms with Crippen molar-refractivity contribution in [3.05, 3.63) is 45.6 Å². The first-order chi connectivity index (χ1) is 9.69. The molecule has 1 aliphatic rings.